The average Bonchev–Trinajstić information content (AvgIpc) is 3.28. The highest BCUT2D eigenvalue weighted by Gasteiger charge is 2.31. The van der Waals surface area contributed by atoms with Gasteiger partial charge in [0.05, 0.1) is 33.2 Å². The maximum atomic E-state index is 13.2. The van der Waals surface area contributed by atoms with E-state index in [9.17, 15) is 14.4 Å². The predicted molar refractivity (Wildman–Crippen MR) is 130 cm³/mol. The van der Waals surface area contributed by atoms with Crippen molar-refractivity contribution in [3.05, 3.63) is 89.6 Å². The molecule has 3 aromatic rings. The Labute approximate surface area is 185 Å². The summed E-state index contributed by atoms with van der Waals surface area (Å²) in [6.07, 6.45) is 2.56. The Morgan fingerprint density at radius 3 is 1.09 bits per heavy atom. The predicted octanol–water partition coefficient (Wildman–Crippen LogP) is 0.0284. The van der Waals surface area contributed by atoms with Crippen molar-refractivity contribution in [3.8, 4) is 0 Å². The number of hydrogen-bond acceptors (Lipinski definition) is 7. The number of benzene rings is 2. The molecule has 0 bridgehead atoms. The molecule has 2 heterocycles. The van der Waals surface area contributed by atoms with Crippen molar-refractivity contribution in [2.75, 3.05) is 47.8 Å². The van der Waals surface area contributed by atoms with Gasteiger partial charge in [0.15, 0.2) is 0 Å². The van der Waals surface area contributed by atoms with E-state index in [0.29, 0.717) is 0 Å². The lowest BCUT2D eigenvalue weighted by Gasteiger charge is -2.24. The first-order valence-electron chi connectivity index (χ1n) is 10.5. The van der Waals surface area contributed by atoms with Crippen LogP contribution in [0.1, 0.15) is 0 Å². The van der Waals surface area contributed by atoms with E-state index in [1.807, 2.05) is 96.3 Å². The molecule has 0 aliphatic carbocycles. The van der Waals surface area contributed by atoms with Crippen LogP contribution in [-0.4, -0.2) is 40.5 Å². The molecular formula is C25H24N4O3. The highest BCUT2D eigenvalue weighted by Crippen LogP contribution is 2.38. The van der Waals surface area contributed by atoms with Crippen LogP contribution in [0, 0.1) is 0 Å². The van der Waals surface area contributed by atoms with Crippen molar-refractivity contribution in [2.45, 2.75) is 12.3 Å². The summed E-state index contributed by atoms with van der Waals surface area (Å²) in [5.41, 5.74) is 2.04. The molecule has 162 valence electrons. The van der Waals surface area contributed by atoms with Crippen molar-refractivity contribution < 1.29 is 0 Å². The number of nitrogens with zero attached hydrogens (tertiary/aromatic N) is 4. The van der Waals surface area contributed by atoms with Gasteiger partial charge in [0, 0.05) is 28.2 Å². The summed E-state index contributed by atoms with van der Waals surface area (Å²) in [7, 11) is 7.64. The molecule has 2 aliphatic heterocycles. The molecule has 0 fully saturated rings. The van der Waals surface area contributed by atoms with Crippen LogP contribution in [0.2, 0.25) is 0 Å². The van der Waals surface area contributed by atoms with E-state index >= 15 is 0 Å². The zero-order valence-electron chi connectivity index (χ0n) is 18.4. The van der Waals surface area contributed by atoms with Gasteiger partial charge in [0.2, 0.25) is 16.3 Å². The molecular weight excluding hydrogens is 404 g/mol. The maximum absolute atomic E-state index is 13.2. The molecule has 2 aliphatic rings. The second-order valence-electron chi connectivity index (χ2n) is 8.40. The topological polar surface area (TPSA) is 64.2 Å². The molecule has 5 rings (SSSR count). The second kappa shape index (κ2) is 7.09. The molecule has 0 unspecified atom stereocenters. The van der Waals surface area contributed by atoms with Gasteiger partial charge in [0.1, 0.15) is 12.3 Å². The van der Waals surface area contributed by atoms with Crippen LogP contribution in [0.3, 0.4) is 0 Å². The minimum absolute atomic E-state index is 0.0569. The fourth-order valence-corrected chi connectivity index (χ4v) is 4.86. The molecule has 0 saturated heterocycles. The number of hydrogen-bond donors (Lipinski definition) is 0. The molecule has 0 spiro atoms. The van der Waals surface area contributed by atoms with Crippen LogP contribution in [0.15, 0.2) is 62.9 Å². The van der Waals surface area contributed by atoms with Gasteiger partial charge in [-0.25, -0.2) is 0 Å². The molecule has 0 N–H and O–H groups in total. The fourth-order valence-electron chi connectivity index (χ4n) is 4.86. The standard InChI is InChI=1S/C25H24N4O3/c1-26-17-9-5-6-10-18(17)27(2)21(26)13-15-23(30)16(25(32)24(15)31)14-22-28(3)19-11-7-8-12-20(19)29(22)4/h5-14,21-22H,1-4H3. The Kier molecular flexibility index (Phi) is 4.44. The van der Waals surface area contributed by atoms with Gasteiger partial charge in [-0.2, -0.15) is 0 Å². The molecule has 0 radical (unpaired) electrons. The Morgan fingerprint density at radius 2 is 0.812 bits per heavy atom. The first kappa shape index (κ1) is 20.1. The maximum Gasteiger partial charge on any atom is 0.237 e. The van der Waals surface area contributed by atoms with E-state index in [1.165, 1.54) is 0 Å². The molecule has 32 heavy (non-hydrogen) atoms. The SMILES string of the molecule is CN1c2ccccc2N(C)C1C=c1c(=O)c(=O)c(=CC2N(C)c3ccccc3N2C)c1=O. The van der Waals surface area contributed by atoms with Gasteiger partial charge >= 0.3 is 0 Å². The normalized spacial score (nSPS) is 17.6. The number of fused-ring (bicyclic) bond motifs is 2. The minimum atomic E-state index is -0.736. The molecule has 3 aromatic carbocycles. The zero-order chi connectivity index (χ0) is 22.7. The molecule has 0 atom stereocenters. The monoisotopic (exact) mass is 428 g/mol. The Balaban J connectivity index is 1.62. The molecule has 0 aromatic heterocycles. The second-order valence-corrected chi connectivity index (χ2v) is 8.40. The summed E-state index contributed by atoms with van der Waals surface area (Å²) in [4.78, 5) is 46.8. The van der Waals surface area contributed by atoms with Crippen molar-refractivity contribution in [2.24, 2.45) is 0 Å². The van der Waals surface area contributed by atoms with Gasteiger partial charge in [-0.05, 0) is 36.4 Å². The number of anilines is 4. The summed E-state index contributed by atoms with van der Waals surface area (Å²) in [6.45, 7) is 0. The van der Waals surface area contributed by atoms with E-state index in [0.717, 1.165) is 22.7 Å². The first-order chi connectivity index (χ1) is 15.3. The van der Waals surface area contributed by atoms with E-state index in [4.69, 9.17) is 0 Å². The van der Waals surface area contributed by atoms with Crippen LogP contribution in [0.5, 0.6) is 0 Å². The lowest BCUT2D eigenvalue weighted by atomic mass is 10.3. The van der Waals surface area contributed by atoms with Gasteiger partial charge in [-0.3, -0.25) is 14.4 Å². The largest absolute Gasteiger partial charge is 0.349 e. The summed E-state index contributed by atoms with van der Waals surface area (Å²) in [5, 5.41) is -0.114. The number of rotatable bonds is 2. The third kappa shape index (κ3) is 2.70. The number of para-hydroxylation sites is 4. The van der Waals surface area contributed by atoms with Crippen LogP contribution in [0.25, 0.3) is 12.2 Å². The van der Waals surface area contributed by atoms with Crippen LogP contribution >= 0.6 is 0 Å². The van der Waals surface area contributed by atoms with E-state index < -0.39 is 16.3 Å². The van der Waals surface area contributed by atoms with E-state index in [-0.39, 0.29) is 22.8 Å². The summed E-state index contributed by atoms with van der Waals surface area (Å²) in [5.74, 6) is 0. The van der Waals surface area contributed by atoms with Gasteiger partial charge in [-0.15, -0.1) is 0 Å². The van der Waals surface area contributed by atoms with Crippen LogP contribution in [0.4, 0.5) is 22.7 Å². The fraction of sp³-hybridized carbons (Fsp3) is 0.240. The molecule has 0 amide bonds. The zero-order valence-corrected chi connectivity index (χ0v) is 18.4. The highest BCUT2D eigenvalue weighted by molar-refractivity contribution is 5.81. The molecule has 7 heteroatoms. The third-order valence-corrected chi connectivity index (χ3v) is 6.69. The Bertz CT molecular complexity index is 1320. The summed E-state index contributed by atoms with van der Waals surface area (Å²) < 4.78 is 0. The quantitative estimate of drug-likeness (QED) is 0.534. The van der Waals surface area contributed by atoms with Crippen molar-refractivity contribution in [1.29, 1.82) is 0 Å². The van der Waals surface area contributed by atoms with Crippen LogP contribution in [-0.2, 0) is 0 Å². The average molecular weight is 428 g/mol. The molecule has 0 saturated carbocycles. The van der Waals surface area contributed by atoms with Gasteiger partial charge in [0.25, 0.3) is 0 Å². The van der Waals surface area contributed by atoms with Crippen molar-refractivity contribution in [1.82, 2.24) is 0 Å². The smallest absolute Gasteiger partial charge is 0.237 e. The van der Waals surface area contributed by atoms with E-state index in [1.54, 1.807) is 12.2 Å². The molecule has 7 nitrogen and oxygen atoms in total. The van der Waals surface area contributed by atoms with Crippen molar-refractivity contribution in [3.63, 3.8) is 0 Å². The van der Waals surface area contributed by atoms with Crippen LogP contribution < -0.4 is 46.3 Å². The first-order valence-corrected chi connectivity index (χ1v) is 10.5. The lowest BCUT2D eigenvalue weighted by molar-refractivity contribution is 0.804. The third-order valence-electron chi connectivity index (χ3n) is 6.69. The minimum Gasteiger partial charge on any atom is -0.349 e. The Morgan fingerprint density at radius 1 is 0.531 bits per heavy atom. The summed E-state index contributed by atoms with van der Waals surface area (Å²) in [6, 6.07) is 15.7. The summed E-state index contributed by atoms with van der Waals surface area (Å²) >= 11 is 0. The Hall–Kier alpha value is -3.87. The van der Waals surface area contributed by atoms with E-state index in [2.05, 4.69) is 0 Å². The van der Waals surface area contributed by atoms with Gasteiger partial charge in [-0.1, -0.05) is 24.3 Å². The lowest BCUT2D eigenvalue weighted by Crippen LogP contribution is -2.45. The highest BCUT2D eigenvalue weighted by atomic mass is 16.2. The van der Waals surface area contributed by atoms with Gasteiger partial charge < -0.3 is 19.6 Å². The van der Waals surface area contributed by atoms with Crippen molar-refractivity contribution >= 4 is 34.9 Å².